The van der Waals surface area contributed by atoms with Crippen molar-refractivity contribution >= 4 is 0 Å². The summed E-state index contributed by atoms with van der Waals surface area (Å²) in [6, 6.07) is 6.36. The van der Waals surface area contributed by atoms with Crippen LogP contribution in [0.4, 0.5) is 0 Å². The van der Waals surface area contributed by atoms with Crippen LogP contribution in [-0.2, 0) is 13.6 Å². The molecule has 1 saturated heterocycles. The van der Waals surface area contributed by atoms with Gasteiger partial charge < -0.3 is 4.57 Å². The van der Waals surface area contributed by atoms with Crippen molar-refractivity contribution in [1.82, 2.24) is 19.4 Å². The highest BCUT2D eigenvalue weighted by Crippen LogP contribution is 2.26. The predicted octanol–water partition coefficient (Wildman–Crippen LogP) is 2.50. The van der Waals surface area contributed by atoms with Gasteiger partial charge in [0.25, 0.3) is 0 Å². The van der Waals surface area contributed by atoms with Gasteiger partial charge in [0.15, 0.2) is 0 Å². The number of hydrogen-bond donors (Lipinski definition) is 0. The van der Waals surface area contributed by atoms with Crippen LogP contribution in [0.3, 0.4) is 0 Å². The van der Waals surface area contributed by atoms with Gasteiger partial charge in [-0.1, -0.05) is 6.07 Å². The first-order valence-corrected chi connectivity index (χ1v) is 7.34. The molecule has 1 atom stereocenters. The molecular weight excluding hydrogens is 248 g/mol. The third kappa shape index (κ3) is 2.90. The lowest BCUT2D eigenvalue weighted by molar-refractivity contribution is 0.192. The Labute approximate surface area is 120 Å². The lowest BCUT2D eigenvalue weighted by atomic mass is 9.94. The van der Waals surface area contributed by atoms with Crippen molar-refractivity contribution in [2.45, 2.75) is 32.2 Å². The zero-order chi connectivity index (χ0) is 13.9. The first-order chi connectivity index (χ1) is 9.72. The number of hydrogen-bond acceptors (Lipinski definition) is 3. The lowest BCUT2D eigenvalue weighted by Gasteiger charge is -2.32. The zero-order valence-electron chi connectivity index (χ0n) is 12.3. The number of aromatic nitrogens is 3. The molecular formula is C16H22N4. The van der Waals surface area contributed by atoms with E-state index < -0.39 is 0 Å². The van der Waals surface area contributed by atoms with Crippen molar-refractivity contribution in [3.8, 4) is 0 Å². The van der Waals surface area contributed by atoms with Crippen LogP contribution in [0.25, 0.3) is 0 Å². The summed E-state index contributed by atoms with van der Waals surface area (Å²) in [6.07, 6.45) is 6.37. The summed E-state index contributed by atoms with van der Waals surface area (Å²) in [4.78, 5) is 11.6. The van der Waals surface area contributed by atoms with E-state index in [1.807, 2.05) is 12.4 Å². The minimum Gasteiger partial charge on any atom is -0.337 e. The second-order valence-electron chi connectivity index (χ2n) is 5.73. The highest BCUT2D eigenvalue weighted by Gasteiger charge is 2.23. The van der Waals surface area contributed by atoms with E-state index in [1.165, 1.54) is 18.5 Å². The van der Waals surface area contributed by atoms with E-state index in [2.05, 4.69) is 46.6 Å². The number of aryl methyl sites for hydroxylation is 2. The molecule has 0 amide bonds. The van der Waals surface area contributed by atoms with Gasteiger partial charge in [-0.15, -0.1) is 0 Å². The summed E-state index contributed by atoms with van der Waals surface area (Å²) in [6.45, 7) is 5.25. The van der Waals surface area contributed by atoms with E-state index in [9.17, 15) is 0 Å². The van der Waals surface area contributed by atoms with Crippen molar-refractivity contribution in [1.29, 1.82) is 0 Å². The van der Waals surface area contributed by atoms with E-state index in [0.717, 1.165) is 31.2 Å². The molecule has 0 spiro atoms. The minimum absolute atomic E-state index is 0.559. The van der Waals surface area contributed by atoms with Gasteiger partial charge in [-0.2, -0.15) is 0 Å². The summed E-state index contributed by atoms with van der Waals surface area (Å²) in [5.74, 6) is 1.70. The largest absolute Gasteiger partial charge is 0.337 e. The summed E-state index contributed by atoms with van der Waals surface area (Å²) < 4.78 is 2.11. The summed E-state index contributed by atoms with van der Waals surface area (Å²) in [7, 11) is 2.06. The Balaban J connectivity index is 1.69. The molecule has 1 aliphatic heterocycles. The Morgan fingerprint density at radius 1 is 1.35 bits per heavy atom. The highest BCUT2D eigenvalue weighted by atomic mass is 15.2. The number of rotatable bonds is 3. The Kier molecular flexibility index (Phi) is 3.83. The smallest absolute Gasteiger partial charge is 0.122 e. The molecule has 3 heterocycles. The van der Waals surface area contributed by atoms with Crippen LogP contribution in [0.1, 0.15) is 36.0 Å². The average Bonchev–Trinajstić information content (AvgIpc) is 2.85. The van der Waals surface area contributed by atoms with Gasteiger partial charge in [0.05, 0.1) is 6.54 Å². The fourth-order valence-corrected chi connectivity index (χ4v) is 2.98. The van der Waals surface area contributed by atoms with Crippen molar-refractivity contribution in [2.24, 2.45) is 7.05 Å². The molecule has 2 aromatic heterocycles. The van der Waals surface area contributed by atoms with Crippen LogP contribution in [0.2, 0.25) is 0 Å². The average molecular weight is 270 g/mol. The van der Waals surface area contributed by atoms with Crippen LogP contribution < -0.4 is 0 Å². The quantitative estimate of drug-likeness (QED) is 0.859. The van der Waals surface area contributed by atoms with Crippen LogP contribution >= 0.6 is 0 Å². The van der Waals surface area contributed by atoms with Crippen LogP contribution in [-0.4, -0.2) is 32.5 Å². The molecule has 0 bridgehead atoms. The third-order valence-corrected chi connectivity index (χ3v) is 4.12. The molecule has 20 heavy (non-hydrogen) atoms. The normalized spacial score (nSPS) is 20.2. The molecule has 0 aliphatic carbocycles. The van der Waals surface area contributed by atoms with E-state index in [-0.39, 0.29) is 0 Å². The van der Waals surface area contributed by atoms with E-state index in [4.69, 9.17) is 4.98 Å². The SMILES string of the molecule is Cc1cccc([C@H]2CCCN(Cc3nccn3C)C2)n1. The van der Waals surface area contributed by atoms with Gasteiger partial charge in [0.2, 0.25) is 0 Å². The van der Waals surface area contributed by atoms with E-state index in [1.54, 1.807) is 0 Å². The summed E-state index contributed by atoms with van der Waals surface area (Å²) in [5, 5.41) is 0. The molecule has 4 nitrogen and oxygen atoms in total. The molecule has 106 valence electrons. The van der Waals surface area contributed by atoms with Gasteiger partial charge in [-0.3, -0.25) is 9.88 Å². The second kappa shape index (κ2) is 5.75. The molecule has 0 radical (unpaired) electrons. The minimum atomic E-state index is 0.559. The first-order valence-electron chi connectivity index (χ1n) is 7.34. The van der Waals surface area contributed by atoms with Crippen molar-refractivity contribution in [2.75, 3.05) is 13.1 Å². The Hall–Kier alpha value is -1.68. The van der Waals surface area contributed by atoms with Gasteiger partial charge >= 0.3 is 0 Å². The maximum absolute atomic E-state index is 4.70. The maximum atomic E-state index is 4.70. The molecule has 1 fully saturated rings. The number of nitrogens with zero attached hydrogens (tertiary/aromatic N) is 4. The highest BCUT2D eigenvalue weighted by molar-refractivity contribution is 5.15. The monoisotopic (exact) mass is 270 g/mol. The predicted molar refractivity (Wildman–Crippen MR) is 79.4 cm³/mol. The third-order valence-electron chi connectivity index (χ3n) is 4.12. The fourth-order valence-electron chi connectivity index (χ4n) is 2.98. The summed E-state index contributed by atoms with van der Waals surface area (Å²) >= 11 is 0. The number of imidazole rings is 1. The number of likely N-dealkylation sites (tertiary alicyclic amines) is 1. The van der Waals surface area contributed by atoms with Gasteiger partial charge in [0.1, 0.15) is 5.82 Å². The molecule has 3 rings (SSSR count). The molecule has 0 unspecified atom stereocenters. The molecule has 2 aromatic rings. The first kappa shape index (κ1) is 13.3. The summed E-state index contributed by atoms with van der Waals surface area (Å²) in [5.41, 5.74) is 2.36. The topological polar surface area (TPSA) is 34.0 Å². The number of pyridine rings is 1. The Bertz CT molecular complexity index is 575. The standard InChI is InChI=1S/C16H22N4/c1-13-5-3-7-15(18-13)14-6-4-9-20(11-14)12-16-17-8-10-19(16)2/h3,5,7-8,10,14H,4,6,9,11-12H2,1-2H3/t14-/m0/s1. The van der Waals surface area contributed by atoms with Crippen LogP contribution in [0.15, 0.2) is 30.6 Å². The maximum Gasteiger partial charge on any atom is 0.122 e. The van der Waals surface area contributed by atoms with E-state index in [0.29, 0.717) is 5.92 Å². The lowest BCUT2D eigenvalue weighted by Crippen LogP contribution is -2.35. The second-order valence-corrected chi connectivity index (χ2v) is 5.73. The van der Waals surface area contributed by atoms with Crippen LogP contribution in [0, 0.1) is 6.92 Å². The molecule has 0 aromatic carbocycles. The Morgan fingerprint density at radius 3 is 3.00 bits per heavy atom. The fraction of sp³-hybridized carbons (Fsp3) is 0.500. The molecule has 0 N–H and O–H groups in total. The van der Waals surface area contributed by atoms with Crippen molar-refractivity contribution < 1.29 is 0 Å². The van der Waals surface area contributed by atoms with Gasteiger partial charge in [0, 0.05) is 43.3 Å². The Morgan fingerprint density at radius 2 is 2.25 bits per heavy atom. The van der Waals surface area contributed by atoms with Crippen LogP contribution in [0.5, 0.6) is 0 Å². The zero-order valence-corrected chi connectivity index (χ0v) is 12.3. The van der Waals surface area contributed by atoms with Gasteiger partial charge in [-0.05, 0) is 38.4 Å². The number of piperidine rings is 1. The van der Waals surface area contributed by atoms with Crippen molar-refractivity contribution in [3.63, 3.8) is 0 Å². The molecule has 0 saturated carbocycles. The van der Waals surface area contributed by atoms with Crippen molar-refractivity contribution in [3.05, 3.63) is 47.8 Å². The van der Waals surface area contributed by atoms with Gasteiger partial charge in [-0.25, -0.2) is 4.98 Å². The molecule has 4 heteroatoms. The molecule has 1 aliphatic rings. The van der Waals surface area contributed by atoms with E-state index >= 15 is 0 Å².